The van der Waals surface area contributed by atoms with Gasteiger partial charge in [-0.2, -0.15) is 5.26 Å². The molecule has 4 nitrogen and oxygen atoms in total. The summed E-state index contributed by atoms with van der Waals surface area (Å²) in [6, 6.07) is 2.84. The van der Waals surface area contributed by atoms with E-state index < -0.39 is 0 Å². The normalized spacial score (nSPS) is 16.8. The first-order valence-electron chi connectivity index (χ1n) is 6.06. The fourth-order valence-corrected chi connectivity index (χ4v) is 2.18. The number of hydrogen-bond donors (Lipinski definition) is 0. The van der Waals surface area contributed by atoms with Gasteiger partial charge in [0.2, 0.25) is 0 Å². The molecule has 0 N–H and O–H groups in total. The highest BCUT2D eigenvalue weighted by molar-refractivity contribution is 4.84. The average Bonchev–Trinajstić information content (AvgIpc) is 2.81. The maximum atomic E-state index is 8.79. The second-order valence-electron chi connectivity index (χ2n) is 4.17. The molecule has 0 radical (unpaired) electrons. The van der Waals surface area contributed by atoms with Gasteiger partial charge in [-0.3, -0.25) is 4.90 Å². The van der Waals surface area contributed by atoms with Crippen LogP contribution in [0.1, 0.15) is 25.7 Å². The number of nitrogens with zero attached hydrogens (tertiary/aromatic N) is 2. The van der Waals surface area contributed by atoms with E-state index in [0.29, 0.717) is 32.4 Å². The van der Waals surface area contributed by atoms with Gasteiger partial charge in [-0.25, -0.2) is 0 Å². The third kappa shape index (κ3) is 4.93. The van der Waals surface area contributed by atoms with Gasteiger partial charge in [0.1, 0.15) is 0 Å². The molecular weight excluding hydrogens is 204 g/mol. The van der Waals surface area contributed by atoms with Crippen LogP contribution < -0.4 is 0 Å². The first kappa shape index (κ1) is 13.4. The Morgan fingerprint density at radius 3 is 2.62 bits per heavy atom. The van der Waals surface area contributed by atoms with Gasteiger partial charge in [0.25, 0.3) is 0 Å². The molecule has 1 aliphatic rings. The van der Waals surface area contributed by atoms with Crippen LogP contribution in [0.4, 0.5) is 0 Å². The molecule has 0 aromatic carbocycles. The van der Waals surface area contributed by atoms with E-state index >= 15 is 0 Å². The van der Waals surface area contributed by atoms with Crippen LogP contribution >= 0.6 is 0 Å². The van der Waals surface area contributed by atoms with Crippen molar-refractivity contribution in [1.82, 2.24) is 4.90 Å². The monoisotopic (exact) mass is 226 g/mol. The van der Waals surface area contributed by atoms with Crippen molar-refractivity contribution in [2.24, 2.45) is 0 Å². The Labute approximate surface area is 98.1 Å². The number of nitriles is 1. The first-order valence-corrected chi connectivity index (χ1v) is 6.06. The van der Waals surface area contributed by atoms with Crippen LogP contribution in [0.5, 0.6) is 0 Å². The molecule has 0 unspecified atom stereocenters. The molecule has 0 aromatic rings. The number of methoxy groups -OCH3 is 1. The molecule has 4 heteroatoms. The van der Waals surface area contributed by atoms with Gasteiger partial charge >= 0.3 is 0 Å². The zero-order valence-electron chi connectivity index (χ0n) is 10.2. The molecule has 0 aliphatic heterocycles. The lowest BCUT2D eigenvalue weighted by Crippen LogP contribution is -2.36. The van der Waals surface area contributed by atoms with Gasteiger partial charge in [-0.1, -0.05) is 12.8 Å². The number of ether oxygens (including phenoxy) is 2. The van der Waals surface area contributed by atoms with E-state index in [9.17, 15) is 0 Å². The first-order chi connectivity index (χ1) is 7.88. The Morgan fingerprint density at radius 2 is 2.00 bits per heavy atom. The van der Waals surface area contributed by atoms with Crippen LogP contribution in [0.2, 0.25) is 0 Å². The van der Waals surface area contributed by atoms with Crippen molar-refractivity contribution in [2.45, 2.75) is 31.7 Å². The summed E-state index contributed by atoms with van der Waals surface area (Å²) in [6.45, 7) is 3.37. The predicted octanol–water partition coefficient (Wildman–Crippen LogP) is 1.42. The Kier molecular flexibility index (Phi) is 7.15. The van der Waals surface area contributed by atoms with Crippen LogP contribution in [0.15, 0.2) is 0 Å². The molecular formula is C12H22N2O2. The topological polar surface area (TPSA) is 45.5 Å². The zero-order chi connectivity index (χ0) is 11.6. The van der Waals surface area contributed by atoms with Crippen LogP contribution in [-0.2, 0) is 9.47 Å². The summed E-state index contributed by atoms with van der Waals surface area (Å²) < 4.78 is 10.3. The minimum Gasteiger partial charge on any atom is -0.382 e. The summed E-state index contributed by atoms with van der Waals surface area (Å²) in [5.41, 5.74) is 0. The van der Waals surface area contributed by atoms with Crippen LogP contribution in [0.25, 0.3) is 0 Å². The lowest BCUT2D eigenvalue weighted by molar-refractivity contribution is 0.0526. The Morgan fingerprint density at radius 1 is 1.25 bits per heavy atom. The largest absolute Gasteiger partial charge is 0.382 e. The second kappa shape index (κ2) is 8.51. The van der Waals surface area contributed by atoms with Crippen molar-refractivity contribution in [2.75, 3.05) is 40.0 Å². The molecule has 0 spiro atoms. The highest BCUT2D eigenvalue weighted by atomic mass is 16.5. The quantitative estimate of drug-likeness (QED) is 0.464. The van der Waals surface area contributed by atoms with Gasteiger partial charge in [0.15, 0.2) is 0 Å². The highest BCUT2D eigenvalue weighted by Crippen LogP contribution is 2.22. The van der Waals surface area contributed by atoms with E-state index in [-0.39, 0.29) is 0 Å². The van der Waals surface area contributed by atoms with E-state index in [1.165, 1.54) is 25.7 Å². The molecule has 1 aliphatic carbocycles. The van der Waals surface area contributed by atoms with Crippen LogP contribution in [0, 0.1) is 11.3 Å². The van der Waals surface area contributed by atoms with E-state index in [1.807, 2.05) is 0 Å². The maximum Gasteiger partial charge on any atom is 0.0869 e. The van der Waals surface area contributed by atoms with Crippen LogP contribution in [-0.4, -0.2) is 51.0 Å². The molecule has 1 fully saturated rings. The molecule has 0 heterocycles. The fourth-order valence-electron chi connectivity index (χ4n) is 2.18. The molecule has 1 rings (SSSR count). The van der Waals surface area contributed by atoms with Crippen molar-refractivity contribution in [3.8, 4) is 6.07 Å². The molecule has 16 heavy (non-hydrogen) atoms. The molecule has 1 saturated carbocycles. The number of hydrogen-bond acceptors (Lipinski definition) is 4. The maximum absolute atomic E-state index is 8.79. The van der Waals surface area contributed by atoms with E-state index in [0.717, 1.165) is 6.54 Å². The smallest absolute Gasteiger partial charge is 0.0869 e. The molecule has 0 saturated heterocycles. The minimum absolute atomic E-state index is 0.526. The third-order valence-corrected chi connectivity index (χ3v) is 3.07. The summed E-state index contributed by atoms with van der Waals surface area (Å²) in [4.78, 5) is 2.25. The van der Waals surface area contributed by atoms with Gasteiger partial charge in [-0.15, -0.1) is 0 Å². The third-order valence-electron chi connectivity index (χ3n) is 3.07. The number of rotatable bonds is 8. The molecule has 0 bridgehead atoms. The summed E-state index contributed by atoms with van der Waals surface area (Å²) in [6.07, 6.45) is 5.08. The Bertz CT molecular complexity index is 210. The summed E-state index contributed by atoms with van der Waals surface area (Å²) in [7, 11) is 1.67. The van der Waals surface area contributed by atoms with Gasteiger partial charge in [0, 0.05) is 19.7 Å². The van der Waals surface area contributed by atoms with Crippen LogP contribution in [0.3, 0.4) is 0 Å². The fraction of sp³-hybridized carbons (Fsp3) is 0.917. The standard InChI is InChI=1S/C12H22N2O2/c1-15-10-11-16-9-8-14(7-6-13)12-4-2-3-5-12/h12H,2-5,7-11H2,1H3. The van der Waals surface area contributed by atoms with E-state index in [2.05, 4.69) is 11.0 Å². The van der Waals surface area contributed by atoms with Crippen molar-refractivity contribution in [1.29, 1.82) is 5.26 Å². The lowest BCUT2D eigenvalue weighted by atomic mass is 10.2. The van der Waals surface area contributed by atoms with Crippen molar-refractivity contribution in [3.63, 3.8) is 0 Å². The van der Waals surface area contributed by atoms with Crippen molar-refractivity contribution >= 4 is 0 Å². The van der Waals surface area contributed by atoms with Crippen molar-refractivity contribution < 1.29 is 9.47 Å². The zero-order valence-corrected chi connectivity index (χ0v) is 10.2. The summed E-state index contributed by atoms with van der Waals surface area (Å²) >= 11 is 0. The summed E-state index contributed by atoms with van der Waals surface area (Å²) in [5.74, 6) is 0. The van der Waals surface area contributed by atoms with Gasteiger partial charge in [-0.05, 0) is 12.8 Å². The van der Waals surface area contributed by atoms with Gasteiger partial charge in [0.05, 0.1) is 32.4 Å². The summed E-state index contributed by atoms with van der Waals surface area (Å²) in [5, 5.41) is 8.79. The second-order valence-corrected chi connectivity index (χ2v) is 4.17. The predicted molar refractivity (Wildman–Crippen MR) is 62.1 cm³/mol. The molecule has 0 aromatic heterocycles. The highest BCUT2D eigenvalue weighted by Gasteiger charge is 2.21. The molecule has 92 valence electrons. The van der Waals surface area contributed by atoms with E-state index in [4.69, 9.17) is 14.7 Å². The van der Waals surface area contributed by atoms with E-state index in [1.54, 1.807) is 7.11 Å². The Hall–Kier alpha value is -0.630. The van der Waals surface area contributed by atoms with Gasteiger partial charge < -0.3 is 9.47 Å². The molecule has 0 atom stereocenters. The SMILES string of the molecule is COCCOCCN(CC#N)C1CCCC1. The average molecular weight is 226 g/mol. The Balaban J connectivity index is 2.15. The van der Waals surface area contributed by atoms with Crippen molar-refractivity contribution in [3.05, 3.63) is 0 Å². The molecule has 0 amide bonds. The minimum atomic E-state index is 0.526. The lowest BCUT2D eigenvalue weighted by Gasteiger charge is -2.25.